The summed E-state index contributed by atoms with van der Waals surface area (Å²) in [6.07, 6.45) is 5.68. The summed E-state index contributed by atoms with van der Waals surface area (Å²) in [6, 6.07) is 0. The summed E-state index contributed by atoms with van der Waals surface area (Å²) in [4.78, 5) is 21.5. The molecule has 0 aromatic carbocycles. The van der Waals surface area contributed by atoms with Gasteiger partial charge in [-0.2, -0.15) is 0 Å². The van der Waals surface area contributed by atoms with Crippen molar-refractivity contribution in [1.82, 2.24) is 0 Å². The molecule has 1 saturated carbocycles. The number of carbonyl (C=O) groups excluding carboxylic acids is 2. The Labute approximate surface area is 105 Å². The first-order valence-corrected chi connectivity index (χ1v) is 6.81. The van der Waals surface area contributed by atoms with Gasteiger partial charge in [0.15, 0.2) is 0 Å². The van der Waals surface area contributed by atoms with E-state index in [1.807, 2.05) is 0 Å². The van der Waals surface area contributed by atoms with Crippen LogP contribution in [0.2, 0.25) is 0 Å². The van der Waals surface area contributed by atoms with Gasteiger partial charge in [-0.25, -0.2) is 0 Å². The number of Topliss-reactive ketones (excluding diaryl/α,β-unsaturated/α-hetero) is 1. The molecule has 0 radical (unpaired) electrons. The molecular weight excluding hydrogens is 212 g/mol. The van der Waals surface area contributed by atoms with E-state index >= 15 is 0 Å². The van der Waals surface area contributed by atoms with Crippen LogP contribution >= 0.6 is 0 Å². The predicted molar refractivity (Wildman–Crippen MR) is 69.8 cm³/mol. The predicted octanol–water partition coefficient (Wildman–Crippen LogP) is 3.63. The fourth-order valence-electron chi connectivity index (χ4n) is 3.43. The Hall–Kier alpha value is -0.660. The summed E-state index contributed by atoms with van der Waals surface area (Å²) in [5.74, 6) is 2.29. The average molecular weight is 238 g/mol. The lowest BCUT2D eigenvalue weighted by molar-refractivity contribution is -0.119. The first-order chi connectivity index (χ1) is 7.88. The van der Waals surface area contributed by atoms with Gasteiger partial charge in [0.05, 0.1) is 0 Å². The Morgan fingerprint density at radius 1 is 1.47 bits per heavy atom. The second kappa shape index (κ2) is 5.79. The van der Waals surface area contributed by atoms with Crippen molar-refractivity contribution in [2.75, 3.05) is 0 Å². The van der Waals surface area contributed by atoms with E-state index in [1.165, 1.54) is 6.42 Å². The minimum absolute atomic E-state index is 0.298. The SMILES string of the molecule is CC(=O)CC[C@@H]1[C@H]([C@@H](C)CCC=O)CC1(C)C. The third-order valence-electron chi connectivity index (χ3n) is 4.56. The molecule has 0 unspecified atom stereocenters. The van der Waals surface area contributed by atoms with Crippen molar-refractivity contribution >= 4 is 12.1 Å². The van der Waals surface area contributed by atoms with Crippen LogP contribution in [0, 0.1) is 23.2 Å². The normalized spacial score (nSPS) is 28.2. The van der Waals surface area contributed by atoms with Crippen molar-refractivity contribution in [1.29, 1.82) is 0 Å². The van der Waals surface area contributed by atoms with Gasteiger partial charge in [-0.15, -0.1) is 0 Å². The quantitative estimate of drug-likeness (QED) is 0.635. The van der Waals surface area contributed by atoms with Crippen molar-refractivity contribution < 1.29 is 9.59 Å². The molecule has 0 spiro atoms. The van der Waals surface area contributed by atoms with Crippen molar-refractivity contribution in [3.05, 3.63) is 0 Å². The second-order valence-corrected chi connectivity index (χ2v) is 6.43. The van der Waals surface area contributed by atoms with E-state index in [0.717, 1.165) is 19.1 Å². The fourth-order valence-corrected chi connectivity index (χ4v) is 3.43. The molecule has 98 valence electrons. The standard InChI is InChI=1S/C15H26O2/c1-11(6-5-9-16)13-10-15(3,4)14(13)8-7-12(2)17/h9,11,13-14H,5-8,10H2,1-4H3/t11-,13-,14+/m0/s1. The van der Waals surface area contributed by atoms with Crippen molar-refractivity contribution in [3.63, 3.8) is 0 Å². The summed E-state index contributed by atoms with van der Waals surface area (Å²) < 4.78 is 0. The van der Waals surface area contributed by atoms with Crippen LogP contribution in [-0.4, -0.2) is 12.1 Å². The van der Waals surface area contributed by atoms with Gasteiger partial charge in [-0.1, -0.05) is 20.8 Å². The van der Waals surface area contributed by atoms with E-state index in [0.29, 0.717) is 41.8 Å². The molecule has 2 heteroatoms. The highest BCUT2D eigenvalue weighted by Crippen LogP contribution is 2.56. The highest BCUT2D eigenvalue weighted by atomic mass is 16.1. The summed E-state index contributed by atoms with van der Waals surface area (Å²) in [5.41, 5.74) is 0.384. The molecular formula is C15H26O2. The molecule has 0 aromatic heterocycles. The Kier molecular flexibility index (Phi) is 4.91. The molecule has 17 heavy (non-hydrogen) atoms. The number of aldehydes is 1. The molecule has 0 aromatic rings. The molecule has 2 nitrogen and oxygen atoms in total. The molecule has 3 atom stereocenters. The molecule has 0 N–H and O–H groups in total. The maximum Gasteiger partial charge on any atom is 0.129 e. The molecule has 1 aliphatic rings. The van der Waals surface area contributed by atoms with E-state index in [4.69, 9.17) is 0 Å². The first kappa shape index (κ1) is 14.4. The summed E-state index contributed by atoms with van der Waals surface area (Å²) >= 11 is 0. The zero-order valence-corrected chi connectivity index (χ0v) is 11.7. The molecule has 0 bridgehead atoms. The van der Waals surface area contributed by atoms with Crippen LogP contribution in [0.1, 0.15) is 59.8 Å². The van der Waals surface area contributed by atoms with E-state index in [1.54, 1.807) is 6.92 Å². The maximum absolute atomic E-state index is 11.1. The minimum atomic E-state index is 0.298. The van der Waals surface area contributed by atoms with Crippen LogP contribution < -0.4 is 0 Å². The monoisotopic (exact) mass is 238 g/mol. The van der Waals surface area contributed by atoms with E-state index in [2.05, 4.69) is 20.8 Å². The largest absolute Gasteiger partial charge is 0.303 e. The van der Waals surface area contributed by atoms with E-state index in [-0.39, 0.29) is 0 Å². The van der Waals surface area contributed by atoms with Gasteiger partial charge in [-0.3, -0.25) is 0 Å². The van der Waals surface area contributed by atoms with Gasteiger partial charge >= 0.3 is 0 Å². The molecule has 1 fully saturated rings. The molecule has 1 aliphatic carbocycles. The lowest BCUT2D eigenvalue weighted by Crippen LogP contribution is -2.46. The van der Waals surface area contributed by atoms with Crippen LogP contribution in [0.4, 0.5) is 0 Å². The molecule has 0 aliphatic heterocycles. The third-order valence-corrected chi connectivity index (χ3v) is 4.56. The summed E-state index contributed by atoms with van der Waals surface area (Å²) in [5, 5.41) is 0. The van der Waals surface area contributed by atoms with Crippen LogP contribution in [0.3, 0.4) is 0 Å². The highest BCUT2D eigenvalue weighted by Gasteiger charge is 2.48. The average Bonchev–Trinajstić information content (AvgIpc) is 2.22. The zero-order chi connectivity index (χ0) is 13.1. The fraction of sp³-hybridized carbons (Fsp3) is 0.867. The van der Waals surface area contributed by atoms with Gasteiger partial charge in [-0.05, 0) is 49.4 Å². The topological polar surface area (TPSA) is 34.1 Å². The number of hydrogen-bond acceptors (Lipinski definition) is 2. The first-order valence-electron chi connectivity index (χ1n) is 6.81. The van der Waals surface area contributed by atoms with E-state index in [9.17, 15) is 9.59 Å². The number of rotatable bonds is 7. The van der Waals surface area contributed by atoms with Gasteiger partial charge in [0.2, 0.25) is 0 Å². The Bertz CT molecular complexity index is 281. The van der Waals surface area contributed by atoms with Crippen molar-refractivity contribution in [2.24, 2.45) is 23.2 Å². The lowest BCUT2D eigenvalue weighted by atomic mass is 9.51. The van der Waals surface area contributed by atoms with Crippen molar-refractivity contribution in [3.8, 4) is 0 Å². The smallest absolute Gasteiger partial charge is 0.129 e. The van der Waals surface area contributed by atoms with Crippen LogP contribution in [0.25, 0.3) is 0 Å². The molecule has 1 rings (SSSR count). The Balaban J connectivity index is 2.49. The molecule has 0 heterocycles. The molecule has 0 saturated heterocycles. The third kappa shape index (κ3) is 3.65. The molecule has 0 amide bonds. The highest BCUT2D eigenvalue weighted by molar-refractivity contribution is 5.75. The van der Waals surface area contributed by atoms with Crippen LogP contribution in [0.5, 0.6) is 0 Å². The second-order valence-electron chi connectivity index (χ2n) is 6.43. The maximum atomic E-state index is 11.1. The number of hydrogen-bond donors (Lipinski definition) is 0. The summed E-state index contributed by atoms with van der Waals surface area (Å²) in [6.45, 7) is 8.54. The van der Waals surface area contributed by atoms with Crippen LogP contribution in [0.15, 0.2) is 0 Å². The zero-order valence-electron chi connectivity index (χ0n) is 11.7. The minimum Gasteiger partial charge on any atom is -0.303 e. The van der Waals surface area contributed by atoms with E-state index < -0.39 is 0 Å². The van der Waals surface area contributed by atoms with Gasteiger partial charge in [0.1, 0.15) is 12.1 Å². The van der Waals surface area contributed by atoms with Gasteiger partial charge in [0.25, 0.3) is 0 Å². The Morgan fingerprint density at radius 2 is 2.12 bits per heavy atom. The van der Waals surface area contributed by atoms with Gasteiger partial charge < -0.3 is 9.59 Å². The lowest BCUT2D eigenvalue weighted by Gasteiger charge is -2.54. The van der Waals surface area contributed by atoms with Crippen LogP contribution in [-0.2, 0) is 9.59 Å². The van der Waals surface area contributed by atoms with Crippen molar-refractivity contribution in [2.45, 2.75) is 59.8 Å². The summed E-state index contributed by atoms with van der Waals surface area (Å²) in [7, 11) is 0. The number of ketones is 1. The number of carbonyl (C=O) groups is 2. The van der Waals surface area contributed by atoms with Gasteiger partial charge in [0, 0.05) is 12.8 Å². The Morgan fingerprint density at radius 3 is 2.59 bits per heavy atom.